The summed E-state index contributed by atoms with van der Waals surface area (Å²) < 4.78 is 0. The van der Waals surface area contributed by atoms with Crippen LogP contribution < -0.4 is 0 Å². The van der Waals surface area contributed by atoms with Gasteiger partial charge in [-0.3, -0.25) is 0 Å². The lowest BCUT2D eigenvalue weighted by Crippen LogP contribution is -2.04. The van der Waals surface area contributed by atoms with Crippen LogP contribution in [0.25, 0.3) is 0 Å². The molecule has 2 atom stereocenters. The van der Waals surface area contributed by atoms with E-state index in [0.29, 0.717) is 6.42 Å². The van der Waals surface area contributed by atoms with Crippen LogP contribution in [-0.4, -0.2) is 22.4 Å². The van der Waals surface area contributed by atoms with Crippen molar-refractivity contribution >= 4 is 0 Å². The number of allylic oxidation sites excluding steroid dienone is 7. The molecule has 0 spiro atoms. The van der Waals surface area contributed by atoms with Gasteiger partial charge >= 0.3 is 0 Å². The molecule has 2 unspecified atom stereocenters. The minimum atomic E-state index is -0.417. The highest BCUT2D eigenvalue weighted by molar-refractivity contribution is 5.16. The van der Waals surface area contributed by atoms with E-state index in [1.807, 2.05) is 48.6 Å². The van der Waals surface area contributed by atoms with Gasteiger partial charge in [-0.1, -0.05) is 100 Å². The van der Waals surface area contributed by atoms with E-state index in [9.17, 15) is 10.2 Å². The molecule has 0 saturated heterocycles. The van der Waals surface area contributed by atoms with Crippen molar-refractivity contribution in [1.82, 2.24) is 0 Å². The number of rotatable bonds is 14. The van der Waals surface area contributed by atoms with E-state index in [1.54, 1.807) is 6.08 Å². The number of unbranched alkanes of at least 4 members (excludes halogenated alkanes) is 3. The topological polar surface area (TPSA) is 40.5 Å². The zero-order valence-electron chi connectivity index (χ0n) is 15.5. The van der Waals surface area contributed by atoms with Crippen LogP contribution in [0.1, 0.15) is 65.2 Å². The van der Waals surface area contributed by atoms with Crippen molar-refractivity contribution in [2.45, 2.75) is 77.4 Å². The van der Waals surface area contributed by atoms with Crippen molar-refractivity contribution in [3.63, 3.8) is 0 Å². The van der Waals surface area contributed by atoms with Crippen LogP contribution in [0.5, 0.6) is 0 Å². The fourth-order valence-electron chi connectivity index (χ4n) is 2.17. The molecule has 0 aromatic rings. The Morgan fingerprint density at radius 2 is 1.42 bits per heavy atom. The van der Waals surface area contributed by atoms with Crippen molar-refractivity contribution in [3.05, 3.63) is 60.8 Å². The monoisotopic (exact) mass is 332 g/mol. The molecule has 0 bridgehead atoms. The van der Waals surface area contributed by atoms with E-state index < -0.39 is 6.10 Å². The largest absolute Gasteiger partial charge is 0.393 e. The average molecular weight is 333 g/mol. The molecule has 2 nitrogen and oxygen atoms in total. The summed E-state index contributed by atoms with van der Waals surface area (Å²) in [6.45, 7) is 4.28. The Labute approximate surface area is 149 Å². The lowest BCUT2D eigenvalue weighted by molar-refractivity contribution is 0.164. The Kier molecular flexibility index (Phi) is 16.9. The van der Waals surface area contributed by atoms with Crippen LogP contribution >= 0.6 is 0 Å². The predicted octanol–water partition coefficient (Wildman–Crippen LogP) is 5.65. The summed E-state index contributed by atoms with van der Waals surface area (Å²) >= 11 is 0. The Balaban J connectivity index is 3.77. The van der Waals surface area contributed by atoms with Gasteiger partial charge in [-0.2, -0.15) is 0 Å². The SMILES string of the molecule is CC/C=C\CC(O)/C=C/C=C\C=C/C=C\CC(O)CCCCCC. The Morgan fingerprint density at radius 3 is 2.12 bits per heavy atom. The lowest BCUT2D eigenvalue weighted by atomic mass is 10.1. The minimum Gasteiger partial charge on any atom is -0.393 e. The first-order valence-corrected chi connectivity index (χ1v) is 9.38. The molecule has 0 saturated carbocycles. The number of aliphatic hydroxyl groups is 2. The van der Waals surface area contributed by atoms with E-state index in [-0.39, 0.29) is 6.10 Å². The second kappa shape index (κ2) is 18.0. The first-order chi connectivity index (χ1) is 11.7. The number of hydrogen-bond acceptors (Lipinski definition) is 2. The molecule has 0 aromatic carbocycles. The van der Waals surface area contributed by atoms with Crippen LogP contribution in [0, 0.1) is 0 Å². The third-order valence-corrected chi connectivity index (χ3v) is 3.60. The van der Waals surface area contributed by atoms with E-state index in [2.05, 4.69) is 19.9 Å². The summed E-state index contributed by atoms with van der Waals surface area (Å²) in [6, 6.07) is 0. The van der Waals surface area contributed by atoms with E-state index >= 15 is 0 Å². The third kappa shape index (κ3) is 17.0. The van der Waals surface area contributed by atoms with Crippen LogP contribution in [-0.2, 0) is 0 Å². The van der Waals surface area contributed by atoms with Crippen molar-refractivity contribution in [2.24, 2.45) is 0 Å². The van der Waals surface area contributed by atoms with Gasteiger partial charge in [0.2, 0.25) is 0 Å². The lowest BCUT2D eigenvalue weighted by Gasteiger charge is -2.06. The van der Waals surface area contributed by atoms with E-state index in [4.69, 9.17) is 0 Å². The summed E-state index contributed by atoms with van der Waals surface area (Å²) in [6.07, 6.45) is 26.9. The van der Waals surface area contributed by atoms with Gasteiger partial charge in [0.25, 0.3) is 0 Å². The Bertz CT molecular complexity index is 402. The highest BCUT2D eigenvalue weighted by atomic mass is 16.3. The first kappa shape index (κ1) is 22.6. The number of hydrogen-bond donors (Lipinski definition) is 2. The smallest absolute Gasteiger partial charge is 0.0758 e. The summed E-state index contributed by atoms with van der Waals surface area (Å²) in [5, 5.41) is 19.5. The molecule has 136 valence electrons. The molecule has 0 aliphatic rings. The maximum atomic E-state index is 9.82. The summed E-state index contributed by atoms with van der Waals surface area (Å²) in [5.74, 6) is 0. The van der Waals surface area contributed by atoms with Crippen LogP contribution in [0.3, 0.4) is 0 Å². The molecule has 0 aliphatic heterocycles. The maximum absolute atomic E-state index is 9.82. The highest BCUT2D eigenvalue weighted by Gasteiger charge is 2.00. The van der Waals surface area contributed by atoms with Crippen molar-refractivity contribution in [2.75, 3.05) is 0 Å². The van der Waals surface area contributed by atoms with Crippen molar-refractivity contribution in [3.8, 4) is 0 Å². The first-order valence-electron chi connectivity index (χ1n) is 9.38. The molecular weight excluding hydrogens is 296 g/mol. The Hall–Kier alpha value is -1.38. The molecule has 2 N–H and O–H groups in total. The van der Waals surface area contributed by atoms with Crippen LogP contribution in [0.2, 0.25) is 0 Å². The molecular formula is C22H36O2. The van der Waals surface area contributed by atoms with Gasteiger partial charge in [0, 0.05) is 0 Å². The molecule has 0 amide bonds. The van der Waals surface area contributed by atoms with Gasteiger partial charge in [-0.25, -0.2) is 0 Å². The summed E-state index contributed by atoms with van der Waals surface area (Å²) in [7, 11) is 0. The predicted molar refractivity (Wildman–Crippen MR) is 106 cm³/mol. The van der Waals surface area contributed by atoms with Gasteiger partial charge in [0.15, 0.2) is 0 Å². The molecule has 0 aromatic heterocycles. The van der Waals surface area contributed by atoms with Crippen LogP contribution in [0.4, 0.5) is 0 Å². The van der Waals surface area contributed by atoms with Gasteiger partial charge in [-0.05, 0) is 25.7 Å². The molecule has 2 heteroatoms. The standard InChI is InChI=1S/C22H36O2/c1-3-5-7-14-18-22(24)20-16-12-10-8-9-11-15-19-21(23)17-13-6-4-2/h6,8-13,15-16,19,21-24H,3-5,7,14,17-18,20H2,1-2H3/b10-8-,11-9-,13-6-,16-12-,19-15+. The second-order valence-corrected chi connectivity index (χ2v) is 6.00. The summed E-state index contributed by atoms with van der Waals surface area (Å²) in [4.78, 5) is 0. The normalized spacial score (nSPS) is 15.7. The fraction of sp³-hybridized carbons (Fsp3) is 0.545. The van der Waals surface area contributed by atoms with Gasteiger partial charge in [-0.15, -0.1) is 0 Å². The maximum Gasteiger partial charge on any atom is 0.0758 e. The van der Waals surface area contributed by atoms with Crippen LogP contribution in [0.15, 0.2) is 60.8 Å². The molecule has 0 heterocycles. The van der Waals surface area contributed by atoms with E-state index in [0.717, 1.165) is 25.7 Å². The van der Waals surface area contributed by atoms with Gasteiger partial charge < -0.3 is 10.2 Å². The second-order valence-electron chi connectivity index (χ2n) is 6.00. The molecule has 0 rings (SSSR count). The minimum absolute atomic E-state index is 0.215. The zero-order chi connectivity index (χ0) is 17.9. The molecule has 0 fully saturated rings. The van der Waals surface area contributed by atoms with E-state index in [1.165, 1.54) is 19.3 Å². The Morgan fingerprint density at radius 1 is 0.708 bits per heavy atom. The summed E-state index contributed by atoms with van der Waals surface area (Å²) in [5.41, 5.74) is 0. The highest BCUT2D eigenvalue weighted by Crippen LogP contribution is 2.08. The number of aliphatic hydroxyl groups excluding tert-OH is 2. The molecule has 0 aliphatic carbocycles. The van der Waals surface area contributed by atoms with Crippen molar-refractivity contribution < 1.29 is 10.2 Å². The quantitative estimate of drug-likeness (QED) is 0.245. The fourth-order valence-corrected chi connectivity index (χ4v) is 2.17. The average Bonchev–Trinajstić information content (AvgIpc) is 2.57. The molecule has 0 radical (unpaired) electrons. The van der Waals surface area contributed by atoms with Gasteiger partial charge in [0.1, 0.15) is 0 Å². The van der Waals surface area contributed by atoms with Gasteiger partial charge in [0.05, 0.1) is 12.2 Å². The third-order valence-electron chi connectivity index (χ3n) is 3.60. The van der Waals surface area contributed by atoms with Crippen molar-refractivity contribution in [1.29, 1.82) is 0 Å². The zero-order valence-corrected chi connectivity index (χ0v) is 15.5. The molecule has 24 heavy (non-hydrogen) atoms.